The number of nitrogens with zero attached hydrogens (tertiary/aromatic N) is 3. The van der Waals surface area contributed by atoms with Crippen molar-refractivity contribution in [1.82, 2.24) is 9.80 Å². The van der Waals surface area contributed by atoms with E-state index in [9.17, 15) is 9.59 Å². The zero-order valence-corrected chi connectivity index (χ0v) is 24.1. The van der Waals surface area contributed by atoms with Crippen molar-refractivity contribution in [2.75, 3.05) is 31.1 Å². The maximum absolute atomic E-state index is 14.4. The molecule has 8 heteroatoms. The summed E-state index contributed by atoms with van der Waals surface area (Å²) in [5.74, 6) is 1.09. The Labute approximate surface area is 228 Å². The number of carbonyl (C=O) groups excluding carboxylic acids is 2. The molecule has 1 aliphatic carbocycles. The minimum atomic E-state index is -0.541. The van der Waals surface area contributed by atoms with Crippen molar-refractivity contribution < 1.29 is 18.9 Å². The fourth-order valence-electron chi connectivity index (χ4n) is 7.41. The number of hydrogen-bond donors (Lipinski definition) is 0. The van der Waals surface area contributed by atoms with Gasteiger partial charge >= 0.3 is 7.12 Å². The van der Waals surface area contributed by atoms with E-state index in [1.165, 1.54) is 25.9 Å². The first-order valence-corrected chi connectivity index (χ1v) is 14.8. The van der Waals surface area contributed by atoms with E-state index < -0.39 is 23.7 Å². The molecule has 1 aromatic rings. The Bertz CT molecular complexity index is 1110. The van der Waals surface area contributed by atoms with E-state index in [1.807, 2.05) is 4.90 Å². The van der Waals surface area contributed by atoms with E-state index in [4.69, 9.17) is 9.31 Å². The molecule has 206 valence electrons. The number of anilines is 1. The lowest BCUT2D eigenvalue weighted by molar-refractivity contribution is -0.134. The molecule has 38 heavy (non-hydrogen) atoms. The Morgan fingerprint density at radius 1 is 1.00 bits per heavy atom. The quantitative estimate of drug-likeness (QED) is 0.571. The highest BCUT2D eigenvalue weighted by Gasteiger charge is 2.57. The minimum absolute atomic E-state index is 0.0936. The summed E-state index contributed by atoms with van der Waals surface area (Å²) in [5.41, 5.74) is 1.76. The number of amides is 2. The first-order valence-electron chi connectivity index (χ1n) is 14.8. The number of piperidine rings is 2. The standard InChI is InChI=1S/C30H44BN3O4/c1-20-8-7-13-33(19-20)23-17-24(18-23)34-26-16-22(31-37-28(3,4)29(5,6)38-31)9-10-25(26)30(27(34)36)11-14-32(15-12-30)21(2)35/h9-10,16,20,23-24H,7-8,11-15,17-19H2,1-6H3/t20-,23?,24?/m1/s1. The van der Waals surface area contributed by atoms with Gasteiger partial charge in [-0.15, -0.1) is 0 Å². The summed E-state index contributed by atoms with van der Waals surface area (Å²) >= 11 is 0. The second-order valence-corrected chi connectivity index (χ2v) is 13.6. The second kappa shape index (κ2) is 9.07. The van der Waals surface area contributed by atoms with Crippen LogP contribution in [0.3, 0.4) is 0 Å². The molecule has 7 nitrogen and oxygen atoms in total. The van der Waals surface area contributed by atoms with Gasteiger partial charge in [0.1, 0.15) is 0 Å². The lowest BCUT2D eigenvalue weighted by atomic mass is 9.71. The summed E-state index contributed by atoms with van der Waals surface area (Å²) in [5, 5.41) is 0. The smallest absolute Gasteiger partial charge is 0.399 e. The van der Waals surface area contributed by atoms with E-state index in [-0.39, 0.29) is 17.9 Å². The fourth-order valence-corrected chi connectivity index (χ4v) is 7.41. The van der Waals surface area contributed by atoms with E-state index in [0.717, 1.165) is 35.5 Å². The van der Waals surface area contributed by atoms with Crippen LogP contribution in [0, 0.1) is 5.92 Å². The first kappa shape index (κ1) is 26.3. The molecule has 0 unspecified atom stereocenters. The molecule has 0 radical (unpaired) electrons. The third kappa shape index (κ3) is 4.05. The molecule has 1 spiro atoms. The summed E-state index contributed by atoms with van der Waals surface area (Å²) in [6.45, 7) is 15.9. The normalized spacial score (nSPS) is 32.0. The number of benzene rings is 1. The fraction of sp³-hybridized carbons (Fsp3) is 0.733. The van der Waals surface area contributed by atoms with Gasteiger partial charge in [0.05, 0.1) is 16.6 Å². The van der Waals surface area contributed by atoms with Gasteiger partial charge in [-0.3, -0.25) is 14.5 Å². The molecule has 1 atom stereocenters. The Hall–Kier alpha value is -1.90. The van der Waals surface area contributed by atoms with Gasteiger partial charge in [-0.1, -0.05) is 19.1 Å². The highest BCUT2D eigenvalue weighted by atomic mass is 16.7. The summed E-state index contributed by atoms with van der Waals surface area (Å²) in [6.07, 6.45) is 6.05. The van der Waals surface area contributed by atoms with E-state index in [1.54, 1.807) is 6.92 Å². The van der Waals surface area contributed by atoms with Gasteiger partial charge < -0.3 is 19.1 Å². The van der Waals surface area contributed by atoms with Crippen LogP contribution in [-0.2, 0) is 24.3 Å². The maximum atomic E-state index is 14.4. The zero-order chi connectivity index (χ0) is 27.0. The van der Waals surface area contributed by atoms with Crippen molar-refractivity contribution in [1.29, 1.82) is 0 Å². The molecule has 1 aromatic carbocycles. The number of rotatable bonds is 3. The monoisotopic (exact) mass is 521 g/mol. The van der Waals surface area contributed by atoms with Gasteiger partial charge in [0, 0.05) is 44.3 Å². The first-order chi connectivity index (χ1) is 17.9. The molecule has 3 saturated heterocycles. The SMILES string of the molecule is CC(=O)N1CCC2(CC1)C(=O)N(C1CC(N3CCC[C@@H](C)C3)C1)c1cc(B3OC(C)(C)C(C)(C)O3)ccc12. The van der Waals surface area contributed by atoms with Crippen LogP contribution in [0.15, 0.2) is 18.2 Å². The Morgan fingerprint density at radius 2 is 1.66 bits per heavy atom. The van der Waals surface area contributed by atoms with Crippen molar-refractivity contribution in [2.24, 2.45) is 5.92 Å². The van der Waals surface area contributed by atoms with Crippen LogP contribution in [0.25, 0.3) is 0 Å². The largest absolute Gasteiger partial charge is 0.494 e. The van der Waals surface area contributed by atoms with Crippen LogP contribution in [0.4, 0.5) is 5.69 Å². The average molecular weight is 522 g/mol. The van der Waals surface area contributed by atoms with E-state index in [2.05, 4.69) is 62.6 Å². The van der Waals surface area contributed by atoms with E-state index in [0.29, 0.717) is 32.0 Å². The van der Waals surface area contributed by atoms with Crippen LogP contribution in [0.2, 0.25) is 0 Å². The highest BCUT2D eigenvalue weighted by molar-refractivity contribution is 6.62. The zero-order valence-electron chi connectivity index (χ0n) is 24.1. The summed E-state index contributed by atoms with van der Waals surface area (Å²) < 4.78 is 12.8. The topological polar surface area (TPSA) is 62.3 Å². The molecular weight excluding hydrogens is 477 g/mol. The van der Waals surface area contributed by atoms with Crippen molar-refractivity contribution in [3.05, 3.63) is 23.8 Å². The van der Waals surface area contributed by atoms with Crippen LogP contribution < -0.4 is 10.4 Å². The Kier molecular flexibility index (Phi) is 6.28. The summed E-state index contributed by atoms with van der Waals surface area (Å²) in [6, 6.07) is 7.20. The van der Waals surface area contributed by atoms with Crippen LogP contribution in [-0.4, -0.2) is 78.2 Å². The predicted molar refractivity (Wildman–Crippen MR) is 150 cm³/mol. The summed E-state index contributed by atoms with van der Waals surface area (Å²) in [7, 11) is -0.456. The summed E-state index contributed by atoms with van der Waals surface area (Å²) in [4.78, 5) is 33.1. The molecule has 4 fully saturated rings. The molecule has 0 N–H and O–H groups in total. The number of likely N-dealkylation sites (tertiary alicyclic amines) is 2. The van der Waals surface area contributed by atoms with Crippen LogP contribution in [0.1, 0.15) is 85.6 Å². The van der Waals surface area contributed by atoms with Crippen LogP contribution >= 0.6 is 0 Å². The maximum Gasteiger partial charge on any atom is 0.494 e. The number of fused-ring (bicyclic) bond motifs is 2. The molecule has 6 rings (SSSR count). The highest BCUT2D eigenvalue weighted by Crippen LogP contribution is 2.51. The van der Waals surface area contributed by atoms with Crippen molar-refractivity contribution in [3.8, 4) is 0 Å². The van der Waals surface area contributed by atoms with E-state index >= 15 is 0 Å². The van der Waals surface area contributed by atoms with Crippen molar-refractivity contribution >= 4 is 30.1 Å². The van der Waals surface area contributed by atoms with Gasteiger partial charge in [0.15, 0.2) is 0 Å². The van der Waals surface area contributed by atoms with Gasteiger partial charge in [-0.2, -0.15) is 0 Å². The second-order valence-electron chi connectivity index (χ2n) is 13.6. The lowest BCUT2D eigenvalue weighted by Gasteiger charge is -2.49. The molecule has 4 heterocycles. The molecular formula is C30H44BN3O4. The third-order valence-corrected chi connectivity index (χ3v) is 10.7. The molecule has 4 aliphatic heterocycles. The minimum Gasteiger partial charge on any atom is -0.399 e. The molecule has 5 aliphatic rings. The van der Waals surface area contributed by atoms with Crippen molar-refractivity contribution in [2.45, 2.75) is 109 Å². The van der Waals surface area contributed by atoms with Gasteiger partial charge in [0.2, 0.25) is 11.8 Å². The predicted octanol–water partition coefficient (Wildman–Crippen LogP) is 3.48. The number of carbonyl (C=O) groups is 2. The molecule has 0 bridgehead atoms. The third-order valence-electron chi connectivity index (χ3n) is 10.7. The molecule has 1 saturated carbocycles. The van der Waals surface area contributed by atoms with Gasteiger partial charge in [0.25, 0.3) is 0 Å². The lowest BCUT2D eigenvalue weighted by Crippen LogP contribution is -2.59. The Morgan fingerprint density at radius 3 is 2.26 bits per heavy atom. The molecule has 0 aromatic heterocycles. The average Bonchev–Trinajstić information content (AvgIpc) is 3.19. The van der Waals surface area contributed by atoms with Gasteiger partial charge in [-0.05, 0) is 95.8 Å². The van der Waals surface area contributed by atoms with Crippen molar-refractivity contribution in [3.63, 3.8) is 0 Å². The Balaban J connectivity index is 1.30. The number of hydrogen-bond acceptors (Lipinski definition) is 5. The van der Waals surface area contributed by atoms with Gasteiger partial charge in [-0.25, -0.2) is 0 Å². The van der Waals surface area contributed by atoms with Crippen LogP contribution in [0.5, 0.6) is 0 Å². The molecule has 2 amide bonds.